The Hall–Kier alpha value is -2.01. The Bertz CT molecular complexity index is 512. The van der Waals surface area contributed by atoms with E-state index in [1.807, 2.05) is 42.1 Å². The Morgan fingerprint density at radius 3 is 2.90 bits per heavy atom. The molecule has 0 unspecified atom stereocenters. The zero-order chi connectivity index (χ0) is 14.2. The van der Waals surface area contributed by atoms with Crippen LogP contribution in [0.15, 0.2) is 36.7 Å². The van der Waals surface area contributed by atoms with Crippen LogP contribution in [0.5, 0.6) is 11.5 Å². The molecule has 0 radical (unpaired) electrons. The molecule has 5 heteroatoms. The SMILES string of the molecule is CCOc1cccc(CNCCn2cccn2)c1OC. The molecule has 5 nitrogen and oxygen atoms in total. The molecule has 0 saturated carbocycles. The van der Waals surface area contributed by atoms with Crippen LogP contribution >= 0.6 is 0 Å². The summed E-state index contributed by atoms with van der Waals surface area (Å²) in [6.07, 6.45) is 3.74. The Labute approximate surface area is 119 Å². The van der Waals surface area contributed by atoms with Gasteiger partial charge in [0.2, 0.25) is 0 Å². The van der Waals surface area contributed by atoms with Crippen LogP contribution in [0, 0.1) is 0 Å². The standard InChI is InChI=1S/C15H21N3O2/c1-3-20-14-7-4-6-13(15(14)19-2)12-16-9-11-18-10-5-8-17-18/h4-8,10,16H,3,9,11-12H2,1-2H3. The maximum atomic E-state index is 5.57. The normalized spacial score (nSPS) is 10.5. The fourth-order valence-electron chi connectivity index (χ4n) is 2.05. The highest BCUT2D eigenvalue weighted by molar-refractivity contribution is 5.46. The van der Waals surface area contributed by atoms with Crippen LogP contribution in [0.25, 0.3) is 0 Å². The summed E-state index contributed by atoms with van der Waals surface area (Å²) in [5.74, 6) is 1.60. The minimum absolute atomic E-state index is 0.631. The third-order valence-corrected chi connectivity index (χ3v) is 2.96. The largest absolute Gasteiger partial charge is 0.493 e. The number of para-hydroxylation sites is 1. The van der Waals surface area contributed by atoms with Crippen LogP contribution in [0.4, 0.5) is 0 Å². The van der Waals surface area contributed by atoms with Gasteiger partial charge in [0.25, 0.3) is 0 Å². The fourth-order valence-corrected chi connectivity index (χ4v) is 2.05. The smallest absolute Gasteiger partial charge is 0.165 e. The Kier molecular flexibility index (Phi) is 5.43. The summed E-state index contributed by atoms with van der Waals surface area (Å²) in [6.45, 7) is 5.04. The van der Waals surface area contributed by atoms with Crippen molar-refractivity contribution in [3.63, 3.8) is 0 Å². The molecule has 1 N–H and O–H groups in total. The van der Waals surface area contributed by atoms with Gasteiger partial charge in [0.1, 0.15) is 0 Å². The minimum Gasteiger partial charge on any atom is -0.493 e. The van der Waals surface area contributed by atoms with Gasteiger partial charge in [0.15, 0.2) is 11.5 Å². The number of methoxy groups -OCH3 is 1. The Balaban J connectivity index is 1.90. The van der Waals surface area contributed by atoms with Gasteiger partial charge < -0.3 is 14.8 Å². The molecule has 0 aliphatic carbocycles. The van der Waals surface area contributed by atoms with Crippen molar-refractivity contribution in [2.24, 2.45) is 0 Å². The molecule has 0 saturated heterocycles. The van der Waals surface area contributed by atoms with Gasteiger partial charge in [-0.25, -0.2) is 0 Å². The summed E-state index contributed by atoms with van der Waals surface area (Å²) >= 11 is 0. The quantitative estimate of drug-likeness (QED) is 0.749. The predicted octanol–water partition coefficient (Wildman–Crippen LogP) is 2.08. The summed E-state index contributed by atoms with van der Waals surface area (Å²) in [7, 11) is 1.67. The van der Waals surface area contributed by atoms with Crippen LogP contribution in [-0.2, 0) is 13.1 Å². The van der Waals surface area contributed by atoms with Crippen LogP contribution in [0.3, 0.4) is 0 Å². The molecule has 0 aliphatic heterocycles. The van der Waals surface area contributed by atoms with Crippen LogP contribution in [0.1, 0.15) is 12.5 Å². The molecular formula is C15H21N3O2. The highest BCUT2D eigenvalue weighted by atomic mass is 16.5. The number of benzene rings is 1. The molecular weight excluding hydrogens is 254 g/mol. The number of nitrogens with one attached hydrogen (secondary N) is 1. The van der Waals surface area contributed by atoms with E-state index in [4.69, 9.17) is 9.47 Å². The fraction of sp³-hybridized carbons (Fsp3) is 0.400. The van der Waals surface area contributed by atoms with E-state index in [-0.39, 0.29) is 0 Å². The molecule has 2 aromatic rings. The minimum atomic E-state index is 0.631. The zero-order valence-corrected chi connectivity index (χ0v) is 12.0. The van der Waals surface area contributed by atoms with Gasteiger partial charge in [-0.3, -0.25) is 4.68 Å². The summed E-state index contributed by atoms with van der Waals surface area (Å²) < 4.78 is 12.9. The van der Waals surface area contributed by atoms with E-state index in [2.05, 4.69) is 10.4 Å². The number of rotatable bonds is 8. The molecule has 0 fully saturated rings. The van der Waals surface area contributed by atoms with Crippen LogP contribution < -0.4 is 14.8 Å². The number of ether oxygens (including phenoxy) is 2. The lowest BCUT2D eigenvalue weighted by molar-refractivity contribution is 0.308. The summed E-state index contributed by atoms with van der Waals surface area (Å²) in [5, 5.41) is 7.55. The monoisotopic (exact) mass is 275 g/mol. The maximum Gasteiger partial charge on any atom is 0.165 e. The summed E-state index contributed by atoms with van der Waals surface area (Å²) in [6, 6.07) is 7.88. The van der Waals surface area contributed by atoms with Crippen molar-refractivity contribution in [3.8, 4) is 11.5 Å². The second kappa shape index (κ2) is 7.55. The first kappa shape index (κ1) is 14.4. The number of hydrogen-bond donors (Lipinski definition) is 1. The molecule has 0 amide bonds. The molecule has 20 heavy (non-hydrogen) atoms. The first-order valence-electron chi connectivity index (χ1n) is 6.82. The zero-order valence-electron chi connectivity index (χ0n) is 12.0. The van der Waals surface area contributed by atoms with Gasteiger partial charge in [-0.05, 0) is 19.1 Å². The third kappa shape index (κ3) is 3.74. The van der Waals surface area contributed by atoms with Crippen molar-refractivity contribution < 1.29 is 9.47 Å². The molecule has 0 aliphatic rings. The van der Waals surface area contributed by atoms with E-state index >= 15 is 0 Å². The number of aromatic nitrogens is 2. The molecule has 2 rings (SSSR count). The van der Waals surface area contributed by atoms with E-state index in [0.29, 0.717) is 6.61 Å². The Morgan fingerprint density at radius 2 is 2.20 bits per heavy atom. The first-order valence-corrected chi connectivity index (χ1v) is 6.82. The summed E-state index contributed by atoms with van der Waals surface area (Å²) in [4.78, 5) is 0. The summed E-state index contributed by atoms with van der Waals surface area (Å²) in [5.41, 5.74) is 1.10. The molecule has 0 atom stereocenters. The number of nitrogens with zero attached hydrogens (tertiary/aromatic N) is 2. The average molecular weight is 275 g/mol. The topological polar surface area (TPSA) is 48.3 Å². The van der Waals surface area contributed by atoms with Gasteiger partial charge in [0, 0.05) is 31.0 Å². The van der Waals surface area contributed by atoms with E-state index in [1.165, 1.54) is 0 Å². The van der Waals surface area contributed by atoms with Crippen LogP contribution in [0.2, 0.25) is 0 Å². The lowest BCUT2D eigenvalue weighted by atomic mass is 10.2. The third-order valence-electron chi connectivity index (χ3n) is 2.96. The predicted molar refractivity (Wildman–Crippen MR) is 78.1 cm³/mol. The van der Waals surface area contributed by atoms with Gasteiger partial charge in [0.05, 0.1) is 20.3 Å². The highest BCUT2D eigenvalue weighted by Gasteiger charge is 2.09. The average Bonchev–Trinajstić information content (AvgIpc) is 2.97. The van der Waals surface area contributed by atoms with Crippen molar-refractivity contribution in [2.45, 2.75) is 20.0 Å². The molecule has 1 aromatic heterocycles. The highest BCUT2D eigenvalue weighted by Crippen LogP contribution is 2.30. The molecule has 0 spiro atoms. The van der Waals surface area contributed by atoms with E-state index < -0.39 is 0 Å². The maximum absolute atomic E-state index is 5.57. The van der Waals surface area contributed by atoms with Crippen molar-refractivity contribution in [2.75, 3.05) is 20.3 Å². The second-order valence-electron chi connectivity index (χ2n) is 4.33. The van der Waals surface area contributed by atoms with E-state index in [1.54, 1.807) is 13.3 Å². The van der Waals surface area contributed by atoms with Crippen molar-refractivity contribution >= 4 is 0 Å². The van der Waals surface area contributed by atoms with E-state index in [9.17, 15) is 0 Å². The molecule has 1 aromatic carbocycles. The second-order valence-corrected chi connectivity index (χ2v) is 4.33. The van der Waals surface area contributed by atoms with Gasteiger partial charge >= 0.3 is 0 Å². The van der Waals surface area contributed by atoms with Gasteiger partial charge in [-0.15, -0.1) is 0 Å². The lowest BCUT2D eigenvalue weighted by Gasteiger charge is -2.14. The van der Waals surface area contributed by atoms with Gasteiger partial charge in [-0.2, -0.15) is 5.10 Å². The number of hydrogen-bond acceptors (Lipinski definition) is 4. The van der Waals surface area contributed by atoms with Crippen molar-refractivity contribution in [1.82, 2.24) is 15.1 Å². The van der Waals surface area contributed by atoms with Crippen molar-refractivity contribution in [1.29, 1.82) is 0 Å². The molecule has 0 bridgehead atoms. The van der Waals surface area contributed by atoms with Crippen LogP contribution in [-0.4, -0.2) is 30.0 Å². The van der Waals surface area contributed by atoms with Crippen molar-refractivity contribution in [3.05, 3.63) is 42.2 Å². The lowest BCUT2D eigenvalue weighted by Crippen LogP contribution is -2.20. The first-order chi connectivity index (χ1) is 9.85. The Morgan fingerprint density at radius 1 is 1.30 bits per heavy atom. The van der Waals surface area contributed by atoms with E-state index in [0.717, 1.165) is 36.7 Å². The van der Waals surface area contributed by atoms with Gasteiger partial charge in [-0.1, -0.05) is 12.1 Å². The molecule has 1 heterocycles. The molecule has 108 valence electrons.